The second kappa shape index (κ2) is 37.1. The molecule has 3 unspecified atom stereocenters. The summed E-state index contributed by atoms with van der Waals surface area (Å²) in [5.74, 6) is -0.468. The van der Waals surface area contributed by atoms with Crippen molar-refractivity contribution in [3.8, 4) is 0 Å². The highest BCUT2D eigenvalue weighted by Crippen LogP contribution is 2.18. The molecule has 1 amide bonds. The molecule has 0 aromatic heterocycles. The molecule has 0 radical (unpaired) electrons. The van der Waals surface area contributed by atoms with Gasteiger partial charge >= 0.3 is 5.97 Å². The molecule has 48 heavy (non-hydrogen) atoms. The maximum atomic E-state index is 13.0. The molecule has 0 rings (SSSR count). The van der Waals surface area contributed by atoms with Crippen molar-refractivity contribution in [3.63, 3.8) is 0 Å². The van der Waals surface area contributed by atoms with Crippen LogP contribution in [-0.4, -0.2) is 46.9 Å². The van der Waals surface area contributed by atoms with Gasteiger partial charge in [-0.3, -0.25) is 9.59 Å². The first kappa shape index (κ1) is 46.9. The monoisotopic (exact) mass is 682 g/mol. The standard InChI is InChI=1S/C42H83NO5/c1-4-7-10-13-16-19-20-21-23-25-28-31-34-40(45)39(37-44)43-41(46)36-38(33-30-27-24-18-15-12-9-6-3)48-42(47)35-32-29-26-22-17-14-11-8-5-2/h38-40,44-45H,4-37H2,1-3H3,(H,43,46). The van der Waals surface area contributed by atoms with Gasteiger partial charge in [-0.15, -0.1) is 0 Å². The topological polar surface area (TPSA) is 95.9 Å². The fourth-order valence-corrected chi connectivity index (χ4v) is 6.67. The summed E-state index contributed by atoms with van der Waals surface area (Å²) >= 11 is 0. The summed E-state index contributed by atoms with van der Waals surface area (Å²) in [6, 6.07) is -0.688. The molecule has 0 fully saturated rings. The Morgan fingerprint density at radius 3 is 1.27 bits per heavy atom. The third-order valence-electron chi connectivity index (χ3n) is 9.94. The summed E-state index contributed by atoms with van der Waals surface area (Å²) in [7, 11) is 0. The van der Waals surface area contributed by atoms with E-state index in [1.807, 2.05) is 0 Å². The molecule has 0 aliphatic carbocycles. The fourth-order valence-electron chi connectivity index (χ4n) is 6.67. The van der Waals surface area contributed by atoms with E-state index in [0.29, 0.717) is 19.3 Å². The normalized spacial score (nSPS) is 13.4. The average Bonchev–Trinajstić information content (AvgIpc) is 3.07. The number of carbonyl (C=O) groups is 2. The maximum Gasteiger partial charge on any atom is 0.306 e. The molecule has 0 aromatic rings. The number of aliphatic hydroxyl groups is 2. The van der Waals surface area contributed by atoms with Crippen LogP contribution in [0.4, 0.5) is 0 Å². The van der Waals surface area contributed by atoms with Crippen molar-refractivity contribution >= 4 is 11.9 Å². The van der Waals surface area contributed by atoms with Crippen LogP contribution < -0.4 is 5.32 Å². The van der Waals surface area contributed by atoms with E-state index in [1.54, 1.807) is 0 Å². The van der Waals surface area contributed by atoms with E-state index >= 15 is 0 Å². The maximum absolute atomic E-state index is 13.0. The minimum atomic E-state index is -0.776. The Morgan fingerprint density at radius 1 is 0.521 bits per heavy atom. The molecule has 6 heteroatoms. The number of aliphatic hydroxyl groups excluding tert-OH is 2. The van der Waals surface area contributed by atoms with Crippen LogP contribution in [0.25, 0.3) is 0 Å². The Labute approximate surface area is 298 Å². The molecule has 0 aromatic carbocycles. The van der Waals surface area contributed by atoms with Gasteiger partial charge in [0, 0.05) is 6.42 Å². The van der Waals surface area contributed by atoms with Gasteiger partial charge in [0.25, 0.3) is 0 Å². The second-order valence-corrected chi connectivity index (χ2v) is 14.8. The molecule has 6 nitrogen and oxygen atoms in total. The third kappa shape index (κ3) is 32.1. The van der Waals surface area contributed by atoms with Crippen LogP contribution in [0.2, 0.25) is 0 Å². The number of unbranched alkanes of at least 4 members (excludes halogenated alkanes) is 26. The summed E-state index contributed by atoms with van der Waals surface area (Å²) in [5.41, 5.74) is 0. The van der Waals surface area contributed by atoms with Crippen molar-refractivity contribution in [1.82, 2.24) is 5.32 Å². The van der Waals surface area contributed by atoms with Crippen LogP contribution in [0.1, 0.15) is 233 Å². The number of amides is 1. The summed E-state index contributed by atoms with van der Waals surface area (Å²) in [6.45, 7) is 6.43. The Bertz CT molecular complexity index is 687. The zero-order valence-electron chi connectivity index (χ0n) is 32.4. The Balaban J connectivity index is 4.48. The van der Waals surface area contributed by atoms with Gasteiger partial charge in [0.15, 0.2) is 0 Å². The molecule has 286 valence electrons. The van der Waals surface area contributed by atoms with Crippen molar-refractivity contribution in [2.45, 2.75) is 251 Å². The number of hydrogen-bond acceptors (Lipinski definition) is 5. The zero-order chi connectivity index (χ0) is 35.3. The molecule has 0 aliphatic rings. The van der Waals surface area contributed by atoms with E-state index in [-0.39, 0.29) is 24.9 Å². The van der Waals surface area contributed by atoms with Crippen LogP contribution in [0.3, 0.4) is 0 Å². The molecule has 0 saturated heterocycles. The van der Waals surface area contributed by atoms with Crippen LogP contribution in [0, 0.1) is 0 Å². The van der Waals surface area contributed by atoms with Crippen molar-refractivity contribution in [1.29, 1.82) is 0 Å². The van der Waals surface area contributed by atoms with Gasteiger partial charge in [-0.1, -0.05) is 194 Å². The van der Waals surface area contributed by atoms with Gasteiger partial charge in [0.05, 0.1) is 25.2 Å². The Kier molecular flexibility index (Phi) is 36.2. The van der Waals surface area contributed by atoms with E-state index in [9.17, 15) is 19.8 Å². The third-order valence-corrected chi connectivity index (χ3v) is 9.94. The van der Waals surface area contributed by atoms with Crippen molar-refractivity contribution in [3.05, 3.63) is 0 Å². The smallest absolute Gasteiger partial charge is 0.306 e. The lowest BCUT2D eigenvalue weighted by molar-refractivity contribution is -0.151. The Morgan fingerprint density at radius 2 is 0.875 bits per heavy atom. The van der Waals surface area contributed by atoms with Crippen LogP contribution in [0.15, 0.2) is 0 Å². The molecular weight excluding hydrogens is 598 g/mol. The van der Waals surface area contributed by atoms with E-state index in [1.165, 1.54) is 141 Å². The van der Waals surface area contributed by atoms with Gasteiger partial charge in [0.1, 0.15) is 6.10 Å². The lowest BCUT2D eigenvalue weighted by Gasteiger charge is -2.24. The lowest BCUT2D eigenvalue weighted by atomic mass is 10.0. The SMILES string of the molecule is CCCCCCCCCCCCCCC(O)C(CO)NC(=O)CC(CCCCCCCCCC)OC(=O)CCCCCCCCCCC. The first-order valence-corrected chi connectivity index (χ1v) is 21.3. The van der Waals surface area contributed by atoms with E-state index in [4.69, 9.17) is 4.74 Å². The lowest BCUT2D eigenvalue weighted by Crippen LogP contribution is -2.46. The van der Waals surface area contributed by atoms with E-state index < -0.39 is 18.2 Å². The molecule has 0 spiro atoms. The molecule has 0 saturated carbocycles. The number of ether oxygens (including phenoxy) is 1. The molecule has 3 N–H and O–H groups in total. The largest absolute Gasteiger partial charge is 0.462 e. The molecule has 0 heterocycles. The quantitative estimate of drug-likeness (QED) is 0.0445. The molecule has 0 bridgehead atoms. The summed E-state index contributed by atoms with van der Waals surface area (Å²) in [4.78, 5) is 25.7. The second-order valence-electron chi connectivity index (χ2n) is 14.8. The number of nitrogens with one attached hydrogen (secondary N) is 1. The van der Waals surface area contributed by atoms with Gasteiger partial charge in [-0.2, -0.15) is 0 Å². The van der Waals surface area contributed by atoms with Gasteiger partial charge in [-0.25, -0.2) is 0 Å². The van der Waals surface area contributed by atoms with Crippen LogP contribution in [-0.2, 0) is 14.3 Å². The summed E-state index contributed by atoms with van der Waals surface area (Å²) in [5, 5.41) is 23.5. The highest BCUT2D eigenvalue weighted by molar-refractivity contribution is 5.77. The van der Waals surface area contributed by atoms with Crippen LogP contribution >= 0.6 is 0 Å². The minimum Gasteiger partial charge on any atom is -0.462 e. The first-order valence-electron chi connectivity index (χ1n) is 21.3. The molecular formula is C42H83NO5. The van der Waals surface area contributed by atoms with Crippen molar-refractivity contribution in [2.75, 3.05) is 6.61 Å². The van der Waals surface area contributed by atoms with E-state index in [0.717, 1.165) is 44.9 Å². The fraction of sp³-hybridized carbons (Fsp3) is 0.952. The number of rotatable bonds is 38. The van der Waals surface area contributed by atoms with Crippen LogP contribution in [0.5, 0.6) is 0 Å². The highest BCUT2D eigenvalue weighted by Gasteiger charge is 2.24. The van der Waals surface area contributed by atoms with Crippen molar-refractivity contribution in [2.24, 2.45) is 0 Å². The number of carbonyl (C=O) groups excluding carboxylic acids is 2. The predicted octanol–water partition coefficient (Wildman–Crippen LogP) is 11.7. The Hall–Kier alpha value is -1.14. The summed E-state index contributed by atoms with van der Waals surface area (Å²) < 4.78 is 5.85. The first-order chi connectivity index (χ1) is 23.5. The number of hydrogen-bond donors (Lipinski definition) is 3. The van der Waals surface area contributed by atoms with E-state index in [2.05, 4.69) is 26.1 Å². The predicted molar refractivity (Wildman–Crippen MR) is 204 cm³/mol. The summed E-state index contributed by atoms with van der Waals surface area (Å²) in [6.07, 6.45) is 35.9. The number of esters is 1. The van der Waals surface area contributed by atoms with Gasteiger partial charge in [0.2, 0.25) is 5.91 Å². The minimum absolute atomic E-state index is 0.0851. The molecule has 3 atom stereocenters. The average molecular weight is 682 g/mol. The van der Waals surface area contributed by atoms with Crippen molar-refractivity contribution < 1.29 is 24.5 Å². The molecule has 0 aliphatic heterocycles. The van der Waals surface area contributed by atoms with Gasteiger partial charge in [-0.05, 0) is 25.7 Å². The zero-order valence-corrected chi connectivity index (χ0v) is 32.4. The van der Waals surface area contributed by atoms with Gasteiger partial charge < -0.3 is 20.3 Å². The highest BCUT2D eigenvalue weighted by atomic mass is 16.5.